The molecule has 3 aromatic rings. The van der Waals surface area contributed by atoms with E-state index in [4.69, 9.17) is 5.73 Å². The molecule has 29 heavy (non-hydrogen) atoms. The Labute approximate surface area is 170 Å². The maximum atomic E-state index is 14.0. The van der Waals surface area contributed by atoms with Gasteiger partial charge in [0, 0.05) is 31.0 Å². The lowest BCUT2D eigenvalue weighted by Crippen LogP contribution is -2.41. The predicted molar refractivity (Wildman–Crippen MR) is 111 cm³/mol. The van der Waals surface area contributed by atoms with Crippen LogP contribution in [0, 0.1) is 11.2 Å². The quantitative estimate of drug-likeness (QED) is 0.697. The molecule has 1 fully saturated rings. The Bertz CT molecular complexity index is 1010. The number of primary amides is 1. The number of likely N-dealkylation sites (tertiary alicyclic amines) is 1. The lowest BCUT2D eigenvalue weighted by atomic mass is 9.79. The zero-order valence-electron chi connectivity index (χ0n) is 16.2. The number of rotatable bonds is 6. The highest BCUT2D eigenvalue weighted by molar-refractivity contribution is 5.82. The molecule has 5 heteroatoms. The minimum Gasteiger partial charge on any atom is -0.369 e. The number of aromatic nitrogens is 1. The zero-order valence-corrected chi connectivity index (χ0v) is 16.2. The number of carbonyl (C=O) groups excluding carboxylic acids is 1. The summed E-state index contributed by atoms with van der Waals surface area (Å²) in [4.78, 5) is 18.6. The number of nitrogens with two attached hydrogens (primary N) is 1. The van der Waals surface area contributed by atoms with Crippen molar-refractivity contribution in [2.75, 3.05) is 13.1 Å². The number of hydrogen-bond acceptors (Lipinski definition) is 3. The van der Waals surface area contributed by atoms with E-state index in [0.717, 1.165) is 23.2 Å². The van der Waals surface area contributed by atoms with Gasteiger partial charge in [-0.15, -0.1) is 0 Å². The van der Waals surface area contributed by atoms with Crippen LogP contribution in [0.15, 0.2) is 73.1 Å². The third-order valence-electron chi connectivity index (χ3n) is 5.79. The van der Waals surface area contributed by atoms with Crippen LogP contribution in [0.2, 0.25) is 0 Å². The molecule has 0 saturated carbocycles. The summed E-state index contributed by atoms with van der Waals surface area (Å²) >= 11 is 0. The Hall–Kier alpha value is -3.05. The van der Waals surface area contributed by atoms with E-state index < -0.39 is 5.41 Å². The summed E-state index contributed by atoms with van der Waals surface area (Å²) in [5.74, 6) is -0.503. The van der Waals surface area contributed by atoms with Gasteiger partial charge in [0.1, 0.15) is 5.82 Å². The predicted octanol–water partition coefficient (Wildman–Crippen LogP) is 3.81. The Kier molecular flexibility index (Phi) is 5.41. The molecule has 1 aliphatic heterocycles. The first-order valence-corrected chi connectivity index (χ1v) is 9.81. The molecule has 4 rings (SSSR count). The van der Waals surface area contributed by atoms with Gasteiger partial charge in [-0.3, -0.25) is 14.7 Å². The van der Waals surface area contributed by atoms with Crippen molar-refractivity contribution in [3.63, 3.8) is 0 Å². The minimum atomic E-state index is -0.637. The number of benzene rings is 2. The molecule has 1 atom stereocenters. The Balaban J connectivity index is 1.53. The molecule has 148 valence electrons. The maximum absolute atomic E-state index is 14.0. The van der Waals surface area contributed by atoms with Crippen molar-refractivity contribution in [1.29, 1.82) is 0 Å². The number of amides is 1. The largest absolute Gasteiger partial charge is 0.369 e. The van der Waals surface area contributed by atoms with Gasteiger partial charge in [-0.05, 0) is 54.3 Å². The summed E-state index contributed by atoms with van der Waals surface area (Å²) < 4.78 is 14.0. The maximum Gasteiger partial charge on any atom is 0.225 e. The molecule has 0 bridgehead atoms. The number of hydrogen-bond donors (Lipinski definition) is 1. The standard InChI is InChI=1S/C24H24FN3O/c25-22-7-2-1-5-21(22)16-28-13-10-24(17-28,23(26)29)15-18-4-3-6-20(14-18)19-8-11-27-12-9-19/h1-9,11-12,14H,10,13,15-17H2,(H2,26,29)/t24-/m1/s1. The van der Waals surface area contributed by atoms with Crippen LogP contribution in [0.1, 0.15) is 17.5 Å². The topological polar surface area (TPSA) is 59.2 Å². The Morgan fingerprint density at radius 2 is 1.86 bits per heavy atom. The van der Waals surface area contributed by atoms with Gasteiger partial charge in [-0.25, -0.2) is 4.39 Å². The van der Waals surface area contributed by atoms with Gasteiger partial charge in [0.2, 0.25) is 5.91 Å². The van der Waals surface area contributed by atoms with Gasteiger partial charge >= 0.3 is 0 Å². The average Bonchev–Trinajstić information content (AvgIpc) is 3.14. The summed E-state index contributed by atoms with van der Waals surface area (Å²) in [7, 11) is 0. The van der Waals surface area contributed by atoms with Gasteiger partial charge in [0.05, 0.1) is 5.41 Å². The molecule has 0 radical (unpaired) electrons. The second kappa shape index (κ2) is 8.13. The summed E-state index contributed by atoms with van der Waals surface area (Å²) in [6, 6.07) is 18.9. The van der Waals surface area contributed by atoms with Gasteiger partial charge in [0.15, 0.2) is 0 Å². The van der Waals surface area contributed by atoms with E-state index in [-0.39, 0.29) is 11.7 Å². The van der Waals surface area contributed by atoms with Crippen LogP contribution >= 0.6 is 0 Å². The van der Waals surface area contributed by atoms with Crippen molar-refractivity contribution in [2.24, 2.45) is 11.1 Å². The van der Waals surface area contributed by atoms with E-state index in [1.807, 2.05) is 30.3 Å². The SMILES string of the molecule is NC(=O)[C@@]1(Cc2cccc(-c3ccncc3)c2)CCN(Cc2ccccc2F)C1. The van der Waals surface area contributed by atoms with Gasteiger partial charge in [0.25, 0.3) is 0 Å². The summed E-state index contributed by atoms with van der Waals surface area (Å²) in [6.07, 6.45) is 4.79. The molecule has 1 amide bonds. The first-order valence-electron chi connectivity index (χ1n) is 9.81. The molecule has 4 nitrogen and oxygen atoms in total. The molecule has 0 unspecified atom stereocenters. The van der Waals surface area contributed by atoms with E-state index in [1.165, 1.54) is 6.07 Å². The Morgan fingerprint density at radius 1 is 1.07 bits per heavy atom. The van der Waals surface area contributed by atoms with Crippen LogP contribution in [0.25, 0.3) is 11.1 Å². The third-order valence-corrected chi connectivity index (χ3v) is 5.79. The van der Waals surface area contributed by atoms with Crippen LogP contribution in [0.4, 0.5) is 4.39 Å². The van der Waals surface area contributed by atoms with Crippen LogP contribution in [0.3, 0.4) is 0 Å². The highest BCUT2D eigenvalue weighted by atomic mass is 19.1. The average molecular weight is 389 g/mol. The van der Waals surface area contributed by atoms with E-state index in [1.54, 1.807) is 24.5 Å². The molecule has 1 saturated heterocycles. The van der Waals surface area contributed by atoms with Gasteiger partial charge in [-0.2, -0.15) is 0 Å². The molecule has 2 N–H and O–H groups in total. The lowest BCUT2D eigenvalue weighted by molar-refractivity contribution is -0.127. The van der Waals surface area contributed by atoms with Gasteiger partial charge < -0.3 is 5.73 Å². The fourth-order valence-corrected chi connectivity index (χ4v) is 4.19. The third kappa shape index (κ3) is 4.20. The summed E-state index contributed by atoms with van der Waals surface area (Å²) in [5, 5.41) is 0. The van der Waals surface area contributed by atoms with Crippen molar-refractivity contribution in [1.82, 2.24) is 9.88 Å². The number of pyridine rings is 1. The normalized spacial score (nSPS) is 19.3. The van der Waals surface area contributed by atoms with E-state index in [9.17, 15) is 9.18 Å². The fraction of sp³-hybridized carbons (Fsp3) is 0.250. The second-order valence-electron chi connectivity index (χ2n) is 7.81. The van der Waals surface area contributed by atoms with Crippen molar-refractivity contribution in [2.45, 2.75) is 19.4 Å². The van der Waals surface area contributed by atoms with Crippen molar-refractivity contribution >= 4 is 5.91 Å². The molecule has 2 heterocycles. The summed E-state index contributed by atoms with van der Waals surface area (Å²) in [5.41, 5.74) is 9.13. The molecular weight excluding hydrogens is 365 g/mol. The smallest absolute Gasteiger partial charge is 0.225 e. The second-order valence-corrected chi connectivity index (χ2v) is 7.81. The van der Waals surface area contributed by atoms with Crippen molar-refractivity contribution in [3.05, 3.63) is 90.0 Å². The fourth-order valence-electron chi connectivity index (χ4n) is 4.19. The van der Waals surface area contributed by atoms with E-state index in [0.29, 0.717) is 31.5 Å². The van der Waals surface area contributed by atoms with Crippen LogP contribution in [-0.2, 0) is 17.8 Å². The molecule has 0 spiro atoms. The molecule has 0 aliphatic carbocycles. The van der Waals surface area contributed by atoms with Crippen LogP contribution in [-0.4, -0.2) is 28.9 Å². The van der Waals surface area contributed by atoms with Crippen LogP contribution < -0.4 is 5.73 Å². The molecule has 1 aliphatic rings. The minimum absolute atomic E-state index is 0.214. The highest BCUT2D eigenvalue weighted by Gasteiger charge is 2.43. The monoisotopic (exact) mass is 389 g/mol. The number of nitrogens with zero attached hydrogens (tertiary/aromatic N) is 2. The van der Waals surface area contributed by atoms with E-state index in [2.05, 4.69) is 22.0 Å². The first-order chi connectivity index (χ1) is 14.1. The molecular formula is C24H24FN3O. The van der Waals surface area contributed by atoms with E-state index >= 15 is 0 Å². The van der Waals surface area contributed by atoms with Gasteiger partial charge in [-0.1, -0.05) is 42.5 Å². The highest BCUT2D eigenvalue weighted by Crippen LogP contribution is 2.36. The number of halogens is 1. The molecule has 1 aromatic heterocycles. The molecule has 2 aromatic carbocycles. The Morgan fingerprint density at radius 3 is 2.62 bits per heavy atom. The zero-order chi connectivity index (χ0) is 20.3. The van der Waals surface area contributed by atoms with Crippen molar-refractivity contribution < 1.29 is 9.18 Å². The summed E-state index contributed by atoms with van der Waals surface area (Å²) in [6.45, 7) is 1.75. The first kappa shape index (κ1) is 19.3. The van der Waals surface area contributed by atoms with Crippen molar-refractivity contribution in [3.8, 4) is 11.1 Å². The van der Waals surface area contributed by atoms with Crippen LogP contribution in [0.5, 0.6) is 0 Å². The number of carbonyl (C=O) groups is 1. The lowest BCUT2D eigenvalue weighted by Gasteiger charge is -2.26.